The van der Waals surface area contributed by atoms with Gasteiger partial charge in [-0.25, -0.2) is 9.59 Å². The molecule has 1 unspecified atom stereocenters. The standard InChI is InChI=1S/C22H34N2O5/c1-3-5-11-16-23-20(25)15-10-9-14-19(21(26)28-4-2)24-22(27)29-17-18-12-7-6-8-13-18/h6-8,12-13,19H,3-5,9-11,14-17H2,1-2H3,(H,23,25)(H,24,27). The monoisotopic (exact) mass is 406 g/mol. The van der Waals surface area contributed by atoms with Crippen molar-refractivity contribution in [2.45, 2.75) is 71.4 Å². The van der Waals surface area contributed by atoms with Crippen molar-refractivity contribution in [1.29, 1.82) is 0 Å². The molecule has 2 N–H and O–H groups in total. The Morgan fingerprint density at radius 2 is 1.72 bits per heavy atom. The highest BCUT2D eigenvalue weighted by molar-refractivity contribution is 5.81. The summed E-state index contributed by atoms with van der Waals surface area (Å²) in [7, 11) is 0. The summed E-state index contributed by atoms with van der Waals surface area (Å²) in [5.74, 6) is -0.475. The third-order valence-electron chi connectivity index (χ3n) is 4.33. The van der Waals surface area contributed by atoms with Gasteiger partial charge in [0.05, 0.1) is 6.61 Å². The number of hydrogen-bond acceptors (Lipinski definition) is 5. The normalized spacial score (nSPS) is 11.4. The quantitative estimate of drug-likeness (QED) is 0.363. The van der Waals surface area contributed by atoms with Gasteiger partial charge >= 0.3 is 12.1 Å². The van der Waals surface area contributed by atoms with Crippen LogP contribution in [-0.2, 0) is 25.7 Å². The molecule has 2 amide bonds. The average molecular weight is 407 g/mol. The molecule has 7 nitrogen and oxygen atoms in total. The lowest BCUT2D eigenvalue weighted by molar-refractivity contribution is -0.145. The molecule has 1 aromatic carbocycles. The molecule has 0 aliphatic rings. The molecule has 0 saturated heterocycles. The van der Waals surface area contributed by atoms with Crippen molar-refractivity contribution in [2.75, 3.05) is 13.2 Å². The first-order valence-corrected chi connectivity index (χ1v) is 10.5. The fraction of sp³-hybridized carbons (Fsp3) is 0.591. The van der Waals surface area contributed by atoms with Crippen LogP contribution < -0.4 is 10.6 Å². The Morgan fingerprint density at radius 1 is 0.966 bits per heavy atom. The van der Waals surface area contributed by atoms with E-state index in [1.54, 1.807) is 6.92 Å². The fourth-order valence-electron chi connectivity index (χ4n) is 2.72. The molecule has 0 saturated carbocycles. The van der Waals surface area contributed by atoms with Crippen molar-refractivity contribution in [1.82, 2.24) is 10.6 Å². The lowest BCUT2D eigenvalue weighted by Gasteiger charge is -2.17. The van der Waals surface area contributed by atoms with E-state index in [1.807, 2.05) is 30.3 Å². The van der Waals surface area contributed by atoms with E-state index in [-0.39, 0.29) is 19.1 Å². The Balaban J connectivity index is 2.34. The number of amides is 2. The van der Waals surface area contributed by atoms with Gasteiger partial charge < -0.3 is 20.1 Å². The summed E-state index contributed by atoms with van der Waals surface area (Å²) < 4.78 is 10.2. The zero-order chi connectivity index (χ0) is 21.3. The number of carbonyl (C=O) groups excluding carboxylic acids is 3. The minimum Gasteiger partial charge on any atom is -0.464 e. The molecule has 0 bridgehead atoms. The number of esters is 1. The van der Waals surface area contributed by atoms with Crippen molar-refractivity contribution in [2.24, 2.45) is 0 Å². The maximum Gasteiger partial charge on any atom is 0.408 e. The van der Waals surface area contributed by atoms with Gasteiger partial charge in [0.25, 0.3) is 0 Å². The van der Waals surface area contributed by atoms with E-state index in [9.17, 15) is 14.4 Å². The van der Waals surface area contributed by atoms with Crippen LogP contribution in [0.3, 0.4) is 0 Å². The lowest BCUT2D eigenvalue weighted by atomic mass is 10.1. The molecule has 0 aromatic heterocycles. The Bertz CT molecular complexity index is 606. The van der Waals surface area contributed by atoms with Crippen LogP contribution in [0.1, 0.15) is 64.4 Å². The number of nitrogens with one attached hydrogen (secondary N) is 2. The van der Waals surface area contributed by atoms with Gasteiger partial charge in [0.1, 0.15) is 12.6 Å². The minimum absolute atomic E-state index is 0.0176. The number of hydrogen-bond donors (Lipinski definition) is 2. The van der Waals surface area contributed by atoms with E-state index in [1.165, 1.54) is 0 Å². The highest BCUT2D eigenvalue weighted by atomic mass is 16.6. The summed E-state index contributed by atoms with van der Waals surface area (Å²) >= 11 is 0. The zero-order valence-electron chi connectivity index (χ0n) is 17.6. The summed E-state index contributed by atoms with van der Waals surface area (Å²) in [4.78, 5) is 35.9. The predicted molar refractivity (Wildman–Crippen MR) is 111 cm³/mol. The first-order valence-electron chi connectivity index (χ1n) is 10.5. The van der Waals surface area contributed by atoms with Crippen molar-refractivity contribution in [3.63, 3.8) is 0 Å². The van der Waals surface area contributed by atoms with Crippen LogP contribution >= 0.6 is 0 Å². The van der Waals surface area contributed by atoms with Gasteiger partial charge in [-0.3, -0.25) is 4.79 Å². The van der Waals surface area contributed by atoms with E-state index in [2.05, 4.69) is 17.6 Å². The molecule has 1 aromatic rings. The van der Waals surface area contributed by atoms with Crippen molar-refractivity contribution in [3.8, 4) is 0 Å². The van der Waals surface area contributed by atoms with Crippen LogP contribution in [0.4, 0.5) is 4.79 Å². The SMILES string of the molecule is CCCCCNC(=O)CCCCC(NC(=O)OCc1ccccc1)C(=O)OCC. The third-order valence-corrected chi connectivity index (χ3v) is 4.33. The Hall–Kier alpha value is -2.57. The second kappa shape index (κ2) is 15.4. The summed E-state index contributed by atoms with van der Waals surface area (Å²) in [6, 6.07) is 8.51. The van der Waals surface area contributed by atoms with Gasteiger partial charge in [-0.1, -0.05) is 56.5 Å². The van der Waals surface area contributed by atoms with Crippen LogP contribution in [0, 0.1) is 0 Å². The van der Waals surface area contributed by atoms with Crippen LogP contribution in [0.2, 0.25) is 0 Å². The molecule has 0 aliphatic carbocycles. The molecule has 0 spiro atoms. The third kappa shape index (κ3) is 11.8. The van der Waals surface area contributed by atoms with Gasteiger partial charge in [0.15, 0.2) is 0 Å². The molecule has 162 valence electrons. The Morgan fingerprint density at radius 3 is 2.41 bits per heavy atom. The number of benzene rings is 1. The minimum atomic E-state index is -0.786. The molecule has 0 aliphatic heterocycles. The zero-order valence-corrected chi connectivity index (χ0v) is 17.6. The summed E-state index contributed by atoms with van der Waals surface area (Å²) in [5, 5.41) is 5.46. The topological polar surface area (TPSA) is 93.7 Å². The first-order chi connectivity index (χ1) is 14.1. The molecule has 0 fully saturated rings. The fourth-order valence-corrected chi connectivity index (χ4v) is 2.72. The molecule has 0 radical (unpaired) electrons. The molecule has 1 rings (SSSR count). The number of alkyl carbamates (subject to hydrolysis) is 1. The van der Waals surface area contributed by atoms with Gasteiger partial charge in [-0.15, -0.1) is 0 Å². The summed E-state index contributed by atoms with van der Waals surface area (Å²) in [6.45, 7) is 4.89. The van der Waals surface area contributed by atoms with Crippen molar-refractivity contribution in [3.05, 3.63) is 35.9 Å². The molecule has 7 heteroatoms. The highest BCUT2D eigenvalue weighted by Crippen LogP contribution is 2.07. The van der Waals surface area contributed by atoms with E-state index < -0.39 is 18.1 Å². The maximum absolute atomic E-state index is 12.1. The van der Waals surface area contributed by atoms with Crippen LogP contribution in [0.5, 0.6) is 0 Å². The van der Waals surface area contributed by atoms with Gasteiger partial charge in [0.2, 0.25) is 5.91 Å². The van der Waals surface area contributed by atoms with Crippen LogP contribution in [0.15, 0.2) is 30.3 Å². The average Bonchev–Trinajstić information content (AvgIpc) is 2.72. The largest absolute Gasteiger partial charge is 0.464 e. The second-order valence-corrected chi connectivity index (χ2v) is 6.81. The van der Waals surface area contributed by atoms with Crippen LogP contribution in [0.25, 0.3) is 0 Å². The van der Waals surface area contributed by atoms with Gasteiger partial charge in [-0.05, 0) is 31.7 Å². The molecule has 29 heavy (non-hydrogen) atoms. The van der Waals surface area contributed by atoms with E-state index in [4.69, 9.17) is 9.47 Å². The van der Waals surface area contributed by atoms with E-state index >= 15 is 0 Å². The van der Waals surface area contributed by atoms with Gasteiger partial charge in [-0.2, -0.15) is 0 Å². The van der Waals surface area contributed by atoms with Crippen molar-refractivity contribution >= 4 is 18.0 Å². The lowest BCUT2D eigenvalue weighted by Crippen LogP contribution is -2.42. The molecular formula is C22H34N2O5. The maximum atomic E-state index is 12.1. The Labute approximate surface area is 173 Å². The Kier molecular flexibility index (Phi) is 13.0. The number of ether oxygens (including phenoxy) is 2. The van der Waals surface area contributed by atoms with E-state index in [0.29, 0.717) is 32.2 Å². The van der Waals surface area contributed by atoms with Gasteiger partial charge in [0, 0.05) is 13.0 Å². The number of unbranched alkanes of at least 4 members (excludes halogenated alkanes) is 3. The van der Waals surface area contributed by atoms with Crippen molar-refractivity contribution < 1.29 is 23.9 Å². The molecule has 0 heterocycles. The highest BCUT2D eigenvalue weighted by Gasteiger charge is 2.22. The smallest absolute Gasteiger partial charge is 0.408 e. The summed E-state index contributed by atoms with van der Waals surface area (Å²) in [6.07, 6.45) is 4.59. The van der Waals surface area contributed by atoms with E-state index in [0.717, 1.165) is 24.8 Å². The summed E-state index contributed by atoms with van der Waals surface area (Å²) in [5.41, 5.74) is 0.861. The number of carbonyl (C=O) groups is 3. The second-order valence-electron chi connectivity index (χ2n) is 6.81. The van der Waals surface area contributed by atoms with Crippen LogP contribution in [-0.4, -0.2) is 37.2 Å². The molecule has 1 atom stereocenters. The molecular weight excluding hydrogens is 372 g/mol. The number of rotatable bonds is 14. The first kappa shape index (κ1) is 24.5. The predicted octanol–water partition coefficient (Wildman–Crippen LogP) is 3.71.